The number of nitrogens with one attached hydrogen (secondary N) is 2. The second kappa shape index (κ2) is 12.4. The van der Waals surface area contributed by atoms with Gasteiger partial charge >= 0.3 is 0 Å². The Balaban J connectivity index is 0.00000320. The van der Waals surface area contributed by atoms with Crippen LogP contribution in [-0.2, 0) is 4.74 Å². The molecule has 2 aliphatic heterocycles. The minimum Gasteiger partial charge on any atom is -0.497 e. The van der Waals surface area contributed by atoms with E-state index in [0.717, 1.165) is 68.9 Å². The highest BCUT2D eigenvalue weighted by Crippen LogP contribution is 2.30. The van der Waals surface area contributed by atoms with Gasteiger partial charge in [0.1, 0.15) is 11.5 Å². The van der Waals surface area contributed by atoms with Crippen LogP contribution >= 0.6 is 24.0 Å². The SMILES string of the molecule is CCNC(=NCC1CN(C)CCO1)NC1CCN(c2cc(OC)cc(OC)c2)C1.I. The minimum atomic E-state index is 0. The third-order valence-corrected chi connectivity index (χ3v) is 5.37. The van der Waals surface area contributed by atoms with E-state index in [1.54, 1.807) is 14.2 Å². The van der Waals surface area contributed by atoms with Crippen molar-refractivity contribution in [1.82, 2.24) is 15.5 Å². The van der Waals surface area contributed by atoms with Gasteiger partial charge in [-0.25, -0.2) is 0 Å². The molecule has 0 bridgehead atoms. The number of hydrogen-bond donors (Lipinski definition) is 2. The Labute approximate surface area is 197 Å². The Kier molecular flexibility index (Phi) is 10.3. The summed E-state index contributed by atoms with van der Waals surface area (Å²) >= 11 is 0. The molecule has 2 saturated heterocycles. The van der Waals surface area contributed by atoms with Crippen LogP contribution in [0.2, 0.25) is 0 Å². The molecule has 9 heteroatoms. The number of methoxy groups -OCH3 is 2. The van der Waals surface area contributed by atoms with Gasteiger partial charge in [-0.3, -0.25) is 4.99 Å². The minimum absolute atomic E-state index is 0. The van der Waals surface area contributed by atoms with Crippen molar-refractivity contribution in [3.05, 3.63) is 18.2 Å². The maximum Gasteiger partial charge on any atom is 0.191 e. The number of aliphatic imine (C=N–C) groups is 1. The van der Waals surface area contributed by atoms with Gasteiger partial charge in [0.25, 0.3) is 0 Å². The van der Waals surface area contributed by atoms with E-state index in [0.29, 0.717) is 12.6 Å². The van der Waals surface area contributed by atoms with Crippen molar-refractivity contribution < 1.29 is 14.2 Å². The fraction of sp³-hybridized carbons (Fsp3) is 0.667. The lowest BCUT2D eigenvalue weighted by molar-refractivity contribution is -0.0136. The number of benzene rings is 1. The summed E-state index contributed by atoms with van der Waals surface area (Å²) in [5.41, 5.74) is 1.12. The van der Waals surface area contributed by atoms with Gasteiger partial charge in [-0.15, -0.1) is 24.0 Å². The van der Waals surface area contributed by atoms with Crippen molar-refractivity contribution in [2.45, 2.75) is 25.5 Å². The molecule has 0 radical (unpaired) electrons. The van der Waals surface area contributed by atoms with E-state index in [1.165, 1.54) is 0 Å². The van der Waals surface area contributed by atoms with Crippen molar-refractivity contribution in [1.29, 1.82) is 0 Å². The average molecular weight is 533 g/mol. The van der Waals surface area contributed by atoms with Crippen molar-refractivity contribution in [3.63, 3.8) is 0 Å². The van der Waals surface area contributed by atoms with Crippen molar-refractivity contribution in [3.8, 4) is 11.5 Å². The van der Waals surface area contributed by atoms with Crippen LogP contribution in [0.3, 0.4) is 0 Å². The van der Waals surface area contributed by atoms with Gasteiger partial charge in [-0.1, -0.05) is 0 Å². The predicted molar refractivity (Wildman–Crippen MR) is 132 cm³/mol. The van der Waals surface area contributed by atoms with Crippen molar-refractivity contribution in [2.75, 3.05) is 72.0 Å². The number of guanidine groups is 1. The van der Waals surface area contributed by atoms with Crippen LogP contribution in [0.4, 0.5) is 5.69 Å². The molecule has 2 unspecified atom stereocenters. The first-order valence-corrected chi connectivity index (χ1v) is 10.4. The second-order valence-electron chi connectivity index (χ2n) is 7.62. The molecule has 3 rings (SSSR count). The number of halogens is 1. The molecular weight excluding hydrogens is 497 g/mol. The molecule has 170 valence electrons. The van der Waals surface area contributed by atoms with Gasteiger partial charge in [0, 0.05) is 62.7 Å². The number of morpholine rings is 1. The van der Waals surface area contributed by atoms with Crippen LogP contribution in [0.25, 0.3) is 0 Å². The normalized spacial score (nSPS) is 22.4. The second-order valence-corrected chi connectivity index (χ2v) is 7.62. The van der Waals surface area contributed by atoms with Crippen LogP contribution in [0.5, 0.6) is 11.5 Å². The zero-order valence-electron chi connectivity index (χ0n) is 18.5. The molecule has 8 nitrogen and oxygen atoms in total. The Morgan fingerprint density at radius 2 is 1.90 bits per heavy atom. The zero-order valence-corrected chi connectivity index (χ0v) is 20.8. The molecule has 0 amide bonds. The predicted octanol–water partition coefficient (Wildman–Crippen LogP) is 1.79. The average Bonchev–Trinajstić information content (AvgIpc) is 3.20. The Morgan fingerprint density at radius 3 is 2.53 bits per heavy atom. The Morgan fingerprint density at radius 1 is 1.17 bits per heavy atom. The molecule has 1 aromatic carbocycles. The van der Waals surface area contributed by atoms with Crippen molar-refractivity contribution in [2.24, 2.45) is 4.99 Å². The Bertz CT molecular complexity index is 668. The monoisotopic (exact) mass is 533 g/mol. The number of hydrogen-bond acceptors (Lipinski definition) is 6. The maximum absolute atomic E-state index is 5.83. The molecule has 2 N–H and O–H groups in total. The molecule has 2 aliphatic rings. The third-order valence-electron chi connectivity index (χ3n) is 5.37. The number of nitrogens with zero attached hydrogens (tertiary/aromatic N) is 3. The number of rotatable bonds is 7. The highest BCUT2D eigenvalue weighted by atomic mass is 127. The quantitative estimate of drug-likeness (QED) is 0.315. The van der Waals surface area contributed by atoms with Crippen molar-refractivity contribution >= 4 is 35.6 Å². The molecule has 0 saturated carbocycles. The molecule has 2 atom stereocenters. The van der Waals surface area contributed by atoms with E-state index in [-0.39, 0.29) is 30.1 Å². The molecule has 2 heterocycles. The van der Waals surface area contributed by atoms with E-state index < -0.39 is 0 Å². The van der Waals surface area contributed by atoms with E-state index in [2.05, 4.69) is 46.5 Å². The summed E-state index contributed by atoms with van der Waals surface area (Å²) in [5, 5.41) is 6.95. The van der Waals surface area contributed by atoms with E-state index >= 15 is 0 Å². The lowest BCUT2D eigenvalue weighted by Gasteiger charge is -2.29. The van der Waals surface area contributed by atoms with Gasteiger partial charge in [0.05, 0.1) is 33.5 Å². The summed E-state index contributed by atoms with van der Waals surface area (Å²) in [6.07, 6.45) is 1.21. The van der Waals surface area contributed by atoms with E-state index in [9.17, 15) is 0 Å². The molecule has 1 aromatic rings. The van der Waals surface area contributed by atoms with Crippen LogP contribution in [-0.4, -0.2) is 90.1 Å². The fourth-order valence-electron chi connectivity index (χ4n) is 3.77. The number of ether oxygens (including phenoxy) is 3. The molecule has 2 fully saturated rings. The number of likely N-dealkylation sites (N-methyl/N-ethyl adjacent to an activating group) is 1. The number of anilines is 1. The molecule has 0 aromatic heterocycles. The molecule has 0 aliphatic carbocycles. The van der Waals surface area contributed by atoms with Gasteiger partial charge < -0.3 is 34.6 Å². The van der Waals surface area contributed by atoms with E-state index in [4.69, 9.17) is 19.2 Å². The van der Waals surface area contributed by atoms with Gasteiger partial charge in [0.15, 0.2) is 5.96 Å². The summed E-state index contributed by atoms with van der Waals surface area (Å²) in [5.74, 6) is 2.48. The van der Waals surface area contributed by atoms with Crippen LogP contribution in [0, 0.1) is 0 Å². The summed E-state index contributed by atoms with van der Waals surface area (Å²) in [4.78, 5) is 9.42. The first-order chi connectivity index (χ1) is 14.1. The standard InChI is InChI=1S/C21H35N5O3.HI/c1-5-22-21(23-13-20-15-25(2)8-9-29-20)24-16-6-7-26(14-16)17-10-18(27-3)12-19(11-17)28-4;/h10-12,16,20H,5-9,13-15H2,1-4H3,(H2,22,23,24);1H. The first-order valence-electron chi connectivity index (χ1n) is 10.4. The third kappa shape index (κ3) is 7.05. The summed E-state index contributed by atoms with van der Waals surface area (Å²) in [7, 11) is 5.49. The summed E-state index contributed by atoms with van der Waals surface area (Å²) < 4.78 is 16.7. The highest BCUT2D eigenvalue weighted by molar-refractivity contribution is 14.0. The molecule has 30 heavy (non-hydrogen) atoms. The van der Waals surface area contributed by atoms with Gasteiger partial charge in [0.2, 0.25) is 0 Å². The lowest BCUT2D eigenvalue weighted by Crippen LogP contribution is -2.46. The van der Waals surface area contributed by atoms with Gasteiger partial charge in [-0.05, 0) is 20.4 Å². The maximum atomic E-state index is 5.83. The smallest absolute Gasteiger partial charge is 0.191 e. The summed E-state index contributed by atoms with van der Waals surface area (Å²) in [6, 6.07) is 6.35. The van der Waals surface area contributed by atoms with Crippen LogP contribution < -0.4 is 25.0 Å². The Hall–Kier alpha value is -1.46. The van der Waals surface area contributed by atoms with Crippen LogP contribution in [0.1, 0.15) is 13.3 Å². The summed E-state index contributed by atoms with van der Waals surface area (Å²) in [6.45, 7) is 8.17. The largest absolute Gasteiger partial charge is 0.497 e. The zero-order chi connectivity index (χ0) is 20.6. The van der Waals surface area contributed by atoms with Crippen LogP contribution in [0.15, 0.2) is 23.2 Å². The highest BCUT2D eigenvalue weighted by Gasteiger charge is 2.25. The molecular formula is C21H36IN5O3. The first kappa shape index (κ1) is 24.8. The fourth-order valence-corrected chi connectivity index (χ4v) is 3.77. The topological polar surface area (TPSA) is 70.6 Å². The lowest BCUT2D eigenvalue weighted by atomic mass is 10.2. The van der Waals surface area contributed by atoms with E-state index in [1.807, 2.05) is 6.07 Å². The van der Waals surface area contributed by atoms with Gasteiger partial charge in [-0.2, -0.15) is 0 Å². The molecule has 0 spiro atoms.